The summed E-state index contributed by atoms with van der Waals surface area (Å²) in [6.07, 6.45) is 0.842. The summed E-state index contributed by atoms with van der Waals surface area (Å²) in [5, 5.41) is 0. The highest BCUT2D eigenvalue weighted by atomic mass is 16.5. The molecule has 0 spiro atoms. The molecule has 1 aromatic carbocycles. The molecule has 19 heavy (non-hydrogen) atoms. The summed E-state index contributed by atoms with van der Waals surface area (Å²) >= 11 is 0. The molecular weight excluding hydrogens is 246 g/mol. The molecule has 0 aliphatic carbocycles. The van der Waals surface area contributed by atoms with Crippen LogP contribution < -0.4 is 9.64 Å². The summed E-state index contributed by atoms with van der Waals surface area (Å²) in [4.78, 5) is 25.7. The van der Waals surface area contributed by atoms with E-state index in [1.165, 1.54) is 4.90 Å². The molecule has 0 fully saturated rings. The Morgan fingerprint density at radius 1 is 1.53 bits per heavy atom. The fourth-order valence-electron chi connectivity index (χ4n) is 2.65. The number of benzene rings is 1. The molecule has 1 aromatic rings. The lowest BCUT2D eigenvalue weighted by Crippen LogP contribution is -2.29. The van der Waals surface area contributed by atoms with Gasteiger partial charge in [-0.3, -0.25) is 9.59 Å². The fraction of sp³-hybridized carbons (Fsp3) is 0.429. The van der Waals surface area contributed by atoms with E-state index in [2.05, 4.69) is 0 Å². The van der Waals surface area contributed by atoms with E-state index in [0.717, 1.165) is 23.4 Å². The largest absolute Gasteiger partial charge is 0.493 e. The van der Waals surface area contributed by atoms with Crippen molar-refractivity contribution in [3.8, 4) is 5.75 Å². The van der Waals surface area contributed by atoms with Gasteiger partial charge in [-0.2, -0.15) is 0 Å². The average Bonchev–Trinajstić information content (AvgIpc) is 2.92. The number of anilines is 1. The van der Waals surface area contributed by atoms with Crippen molar-refractivity contribution in [1.29, 1.82) is 0 Å². The quantitative estimate of drug-likeness (QED) is 0.594. The number of nitrogens with zero attached hydrogens (tertiary/aromatic N) is 1. The highest BCUT2D eigenvalue weighted by Gasteiger charge is 2.42. The molecule has 0 radical (unpaired) electrons. The molecule has 0 aromatic heterocycles. The third-order valence-electron chi connectivity index (χ3n) is 3.61. The summed E-state index contributed by atoms with van der Waals surface area (Å²) in [6, 6.07) is 3.75. The third-order valence-corrected chi connectivity index (χ3v) is 3.61. The van der Waals surface area contributed by atoms with Crippen molar-refractivity contribution in [2.24, 2.45) is 0 Å². The lowest BCUT2D eigenvalue weighted by atomic mass is 9.98. The van der Waals surface area contributed by atoms with Gasteiger partial charge in [-0.1, -0.05) is 0 Å². The fourth-order valence-corrected chi connectivity index (χ4v) is 2.65. The minimum absolute atomic E-state index is 0.239. The van der Waals surface area contributed by atoms with Crippen LogP contribution in [0.2, 0.25) is 0 Å². The van der Waals surface area contributed by atoms with Crippen LogP contribution in [0.5, 0.6) is 5.75 Å². The number of fused-ring (bicyclic) bond motifs is 2. The monoisotopic (exact) mass is 261 g/mol. The Labute approximate surface area is 111 Å². The van der Waals surface area contributed by atoms with E-state index in [1.807, 2.05) is 6.07 Å². The maximum absolute atomic E-state index is 12.2. The maximum Gasteiger partial charge on any atom is 0.323 e. The molecule has 100 valence electrons. The molecule has 1 unspecified atom stereocenters. The van der Waals surface area contributed by atoms with Gasteiger partial charge in [-0.05, 0) is 24.6 Å². The van der Waals surface area contributed by atoms with Crippen molar-refractivity contribution in [2.75, 3.05) is 25.2 Å². The summed E-state index contributed by atoms with van der Waals surface area (Å²) in [7, 11) is 1.68. The topological polar surface area (TPSA) is 55.8 Å². The first-order valence-corrected chi connectivity index (χ1v) is 6.37. The van der Waals surface area contributed by atoms with Gasteiger partial charge in [0.15, 0.2) is 5.92 Å². The normalized spacial score (nSPS) is 20.0. The first kappa shape index (κ1) is 12.0. The first-order chi connectivity index (χ1) is 9.13. The third kappa shape index (κ3) is 1.69. The molecular formula is C14H15NO4. The van der Waals surface area contributed by atoms with E-state index < -0.39 is 11.9 Å². The van der Waals surface area contributed by atoms with E-state index in [4.69, 9.17) is 9.47 Å². The standard InChI is InChI=1S/C14H15NO4/c1-3-18-14(17)12-9-7-11-8(4-5-19-11)6-10(9)15(2)13(12)16/h6-7,12H,3-5H2,1-2H3. The number of carbonyl (C=O) groups excluding carboxylic acids is 2. The minimum Gasteiger partial charge on any atom is -0.493 e. The van der Waals surface area contributed by atoms with Gasteiger partial charge in [-0.15, -0.1) is 0 Å². The van der Waals surface area contributed by atoms with E-state index in [-0.39, 0.29) is 12.5 Å². The van der Waals surface area contributed by atoms with Crippen molar-refractivity contribution in [1.82, 2.24) is 0 Å². The Hall–Kier alpha value is -2.04. The summed E-state index contributed by atoms with van der Waals surface area (Å²) < 4.78 is 10.5. The lowest BCUT2D eigenvalue weighted by Gasteiger charge is -2.10. The molecule has 0 saturated carbocycles. The number of likely N-dealkylation sites (N-methyl/N-ethyl adjacent to an activating group) is 1. The Bertz CT molecular complexity index is 567. The second-order valence-electron chi connectivity index (χ2n) is 4.70. The van der Waals surface area contributed by atoms with Crippen molar-refractivity contribution >= 4 is 17.6 Å². The SMILES string of the molecule is CCOC(=O)C1C(=O)N(C)c2cc3c(cc21)OCC3. The zero-order chi connectivity index (χ0) is 13.6. The molecule has 5 nitrogen and oxygen atoms in total. The van der Waals surface area contributed by atoms with Gasteiger partial charge in [0.05, 0.1) is 13.2 Å². The Morgan fingerprint density at radius 3 is 3.05 bits per heavy atom. The Kier molecular flexibility index (Phi) is 2.69. The number of ether oxygens (including phenoxy) is 2. The van der Waals surface area contributed by atoms with Crippen LogP contribution in [-0.2, 0) is 20.7 Å². The molecule has 2 heterocycles. The van der Waals surface area contributed by atoms with Gasteiger partial charge >= 0.3 is 5.97 Å². The minimum atomic E-state index is -0.852. The summed E-state index contributed by atoms with van der Waals surface area (Å²) in [6.45, 7) is 2.65. The van der Waals surface area contributed by atoms with E-state index >= 15 is 0 Å². The molecule has 2 aliphatic heterocycles. The maximum atomic E-state index is 12.2. The van der Waals surface area contributed by atoms with Crippen molar-refractivity contribution in [2.45, 2.75) is 19.3 Å². The first-order valence-electron chi connectivity index (χ1n) is 6.37. The van der Waals surface area contributed by atoms with E-state index in [0.29, 0.717) is 12.2 Å². The predicted octanol–water partition coefficient (Wildman–Crippen LogP) is 1.24. The molecule has 1 atom stereocenters. The number of esters is 1. The summed E-state index contributed by atoms with van der Waals surface area (Å²) in [5.41, 5.74) is 2.56. The van der Waals surface area contributed by atoms with Crippen LogP contribution in [0.1, 0.15) is 24.0 Å². The second kappa shape index (κ2) is 4.26. The predicted molar refractivity (Wildman–Crippen MR) is 68.4 cm³/mol. The molecule has 3 rings (SSSR count). The van der Waals surface area contributed by atoms with Crippen LogP contribution >= 0.6 is 0 Å². The van der Waals surface area contributed by atoms with Crippen LogP contribution in [0.25, 0.3) is 0 Å². The van der Waals surface area contributed by atoms with Crippen LogP contribution in [0.15, 0.2) is 12.1 Å². The number of hydrogen-bond acceptors (Lipinski definition) is 4. The molecule has 0 saturated heterocycles. The molecule has 5 heteroatoms. The van der Waals surface area contributed by atoms with E-state index in [1.54, 1.807) is 20.0 Å². The van der Waals surface area contributed by atoms with Gasteiger partial charge in [-0.25, -0.2) is 0 Å². The second-order valence-corrected chi connectivity index (χ2v) is 4.70. The smallest absolute Gasteiger partial charge is 0.323 e. The van der Waals surface area contributed by atoms with Gasteiger partial charge in [0, 0.05) is 24.7 Å². The molecule has 0 N–H and O–H groups in total. The Balaban J connectivity index is 2.07. The van der Waals surface area contributed by atoms with Gasteiger partial charge in [0.2, 0.25) is 5.91 Å². The number of amides is 1. The molecule has 0 bridgehead atoms. The highest BCUT2D eigenvalue weighted by molar-refractivity contribution is 6.16. The number of hydrogen-bond donors (Lipinski definition) is 0. The number of carbonyl (C=O) groups is 2. The van der Waals surface area contributed by atoms with Crippen molar-refractivity contribution in [3.63, 3.8) is 0 Å². The van der Waals surface area contributed by atoms with Gasteiger partial charge < -0.3 is 14.4 Å². The van der Waals surface area contributed by atoms with Crippen LogP contribution in [-0.4, -0.2) is 32.1 Å². The zero-order valence-electron chi connectivity index (χ0n) is 10.9. The summed E-state index contributed by atoms with van der Waals surface area (Å²) in [5.74, 6) is -0.807. The van der Waals surface area contributed by atoms with Gasteiger partial charge in [0.25, 0.3) is 0 Å². The zero-order valence-corrected chi connectivity index (χ0v) is 10.9. The molecule has 1 amide bonds. The van der Waals surface area contributed by atoms with Crippen molar-refractivity contribution in [3.05, 3.63) is 23.3 Å². The van der Waals surface area contributed by atoms with Crippen molar-refractivity contribution < 1.29 is 19.1 Å². The van der Waals surface area contributed by atoms with Crippen LogP contribution in [0, 0.1) is 0 Å². The highest BCUT2D eigenvalue weighted by Crippen LogP contribution is 2.42. The molecule has 2 aliphatic rings. The average molecular weight is 261 g/mol. The number of rotatable bonds is 2. The lowest BCUT2D eigenvalue weighted by molar-refractivity contribution is -0.147. The van der Waals surface area contributed by atoms with Crippen LogP contribution in [0.4, 0.5) is 5.69 Å². The van der Waals surface area contributed by atoms with E-state index in [9.17, 15) is 9.59 Å². The van der Waals surface area contributed by atoms with Crippen LogP contribution in [0.3, 0.4) is 0 Å². The Morgan fingerprint density at radius 2 is 2.32 bits per heavy atom. The van der Waals surface area contributed by atoms with Gasteiger partial charge in [0.1, 0.15) is 5.75 Å².